The maximum absolute atomic E-state index is 11.7. The fraction of sp³-hybridized carbons (Fsp3) is 0.538. The van der Waals surface area contributed by atoms with E-state index in [1.54, 1.807) is 13.0 Å². The summed E-state index contributed by atoms with van der Waals surface area (Å²) < 4.78 is 5.95. The number of esters is 1. The van der Waals surface area contributed by atoms with Crippen molar-refractivity contribution in [2.45, 2.75) is 40.2 Å². The predicted octanol–water partition coefficient (Wildman–Crippen LogP) is 3.69. The molecule has 0 bridgehead atoms. The number of ether oxygens (including phenoxy) is 1. The first-order valence-corrected chi connectivity index (χ1v) is 7.88. The van der Waals surface area contributed by atoms with Crippen LogP contribution in [0.25, 0.3) is 0 Å². The van der Waals surface area contributed by atoms with Crippen LogP contribution in [0.3, 0.4) is 0 Å². The molecule has 0 fully saturated rings. The Morgan fingerprint density at radius 1 is 1.40 bits per heavy atom. The topological polar surface area (TPSA) is 55.4 Å². The molecule has 1 N–H and O–H groups in total. The minimum Gasteiger partial charge on any atom is -0.464 e. The lowest BCUT2D eigenvalue weighted by atomic mass is 10.1. The van der Waals surface area contributed by atoms with E-state index >= 15 is 0 Å². The van der Waals surface area contributed by atoms with Crippen LogP contribution >= 0.6 is 34.5 Å². The Morgan fingerprint density at radius 3 is 2.40 bits per heavy atom. The average Bonchev–Trinajstić information content (AvgIpc) is 2.69. The van der Waals surface area contributed by atoms with Crippen molar-refractivity contribution in [3.8, 4) is 0 Å². The van der Waals surface area contributed by atoms with Crippen LogP contribution in [-0.4, -0.2) is 24.5 Å². The van der Waals surface area contributed by atoms with Crippen molar-refractivity contribution in [3.05, 3.63) is 20.3 Å². The summed E-state index contributed by atoms with van der Waals surface area (Å²) in [6.07, 6.45) is 0.264. The molecule has 1 aromatic heterocycles. The summed E-state index contributed by atoms with van der Waals surface area (Å²) in [5.74, 6) is -0.781. The van der Waals surface area contributed by atoms with Gasteiger partial charge in [0.05, 0.1) is 15.3 Å². The molecule has 0 saturated heterocycles. The fourth-order valence-corrected chi connectivity index (χ4v) is 2.92. The highest BCUT2D eigenvalue weighted by atomic mass is 35.5. The summed E-state index contributed by atoms with van der Waals surface area (Å²) >= 11 is 13.0. The summed E-state index contributed by atoms with van der Waals surface area (Å²) in [4.78, 5) is 22.8. The van der Waals surface area contributed by atoms with Crippen molar-refractivity contribution in [3.63, 3.8) is 0 Å². The zero-order chi connectivity index (χ0) is 15.7. The molecule has 0 aliphatic rings. The largest absolute Gasteiger partial charge is 0.464 e. The molecule has 0 saturated carbocycles. The molecule has 7 heteroatoms. The summed E-state index contributed by atoms with van der Waals surface area (Å²) in [6, 6.07) is 0.938. The Hall–Kier alpha value is -0.780. The summed E-state index contributed by atoms with van der Waals surface area (Å²) in [5, 5.41) is 2.54. The lowest BCUT2D eigenvalue weighted by Crippen LogP contribution is -2.42. The van der Waals surface area contributed by atoms with Crippen LogP contribution in [-0.2, 0) is 20.7 Å². The number of thiophene rings is 1. The molecule has 1 atom stereocenters. The normalized spacial score (nSPS) is 11.1. The second-order valence-corrected chi connectivity index (χ2v) is 5.84. The van der Waals surface area contributed by atoms with Gasteiger partial charge >= 0.3 is 5.97 Å². The zero-order valence-corrected chi connectivity index (χ0v) is 14.3. The van der Waals surface area contributed by atoms with E-state index in [0.29, 0.717) is 8.67 Å². The lowest BCUT2D eigenvalue weighted by molar-refractivity contribution is -0.147. The molecule has 20 heavy (non-hydrogen) atoms. The molecule has 4 nitrogen and oxygen atoms in total. The maximum Gasteiger partial charge on any atom is 0.328 e. The van der Waals surface area contributed by atoms with E-state index in [4.69, 9.17) is 27.9 Å². The van der Waals surface area contributed by atoms with Gasteiger partial charge < -0.3 is 10.1 Å². The van der Waals surface area contributed by atoms with Crippen LogP contribution in [0.5, 0.6) is 0 Å². The van der Waals surface area contributed by atoms with E-state index in [-0.39, 0.29) is 18.9 Å². The highest BCUT2D eigenvalue weighted by molar-refractivity contribution is 7.20. The quantitative estimate of drug-likeness (QED) is 0.832. The number of carbonyl (C=O) groups is 2. The van der Waals surface area contributed by atoms with Crippen LogP contribution in [0.2, 0.25) is 8.67 Å². The summed E-state index contributed by atoms with van der Waals surface area (Å²) in [5.41, 5.74) is 0.721. The Morgan fingerprint density at radius 2 is 2.00 bits per heavy atom. The summed E-state index contributed by atoms with van der Waals surface area (Å²) in [7, 11) is 0. The number of amides is 1. The van der Waals surface area contributed by atoms with Gasteiger partial charge in [0.1, 0.15) is 6.04 Å². The first kappa shape index (κ1) is 19.2. The third kappa shape index (κ3) is 6.59. The molecule has 1 rings (SSSR count). The molecular weight excluding hydrogens is 321 g/mol. The molecule has 0 spiro atoms. The van der Waals surface area contributed by atoms with Gasteiger partial charge in [-0.15, -0.1) is 11.3 Å². The molecule has 0 radical (unpaired) electrons. The lowest BCUT2D eigenvalue weighted by Gasteiger charge is -2.15. The first-order valence-electron chi connectivity index (χ1n) is 6.31. The second-order valence-electron chi connectivity index (χ2n) is 3.56. The van der Waals surface area contributed by atoms with Gasteiger partial charge in [-0.3, -0.25) is 4.79 Å². The van der Waals surface area contributed by atoms with Crippen LogP contribution < -0.4 is 5.32 Å². The number of halogens is 2. The standard InChI is InChI=1S/C11H13Cl2NO3S.C2H6/c1-3-17-11(16)8(14-6(2)15)4-7-5-9(12)18-10(7)13;1-2/h5,8H,3-4H2,1-2H3,(H,14,15);1-2H3. The van der Waals surface area contributed by atoms with Gasteiger partial charge in [-0.2, -0.15) is 0 Å². The van der Waals surface area contributed by atoms with Gasteiger partial charge in [0.25, 0.3) is 0 Å². The Bertz CT molecular complexity index is 449. The van der Waals surface area contributed by atoms with Crippen molar-refractivity contribution in [2.24, 2.45) is 0 Å². The smallest absolute Gasteiger partial charge is 0.328 e. The van der Waals surface area contributed by atoms with Crippen LogP contribution in [0.1, 0.15) is 33.3 Å². The Balaban J connectivity index is 0.00000172. The van der Waals surface area contributed by atoms with Crippen molar-refractivity contribution in [1.82, 2.24) is 5.32 Å². The molecule has 1 amide bonds. The van der Waals surface area contributed by atoms with E-state index in [1.807, 2.05) is 13.8 Å². The maximum atomic E-state index is 11.7. The van der Waals surface area contributed by atoms with Crippen molar-refractivity contribution < 1.29 is 14.3 Å². The van der Waals surface area contributed by atoms with Crippen molar-refractivity contribution >= 4 is 46.4 Å². The van der Waals surface area contributed by atoms with Crippen molar-refractivity contribution in [2.75, 3.05) is 6.61 Å². The van der Waals surface area contributed by atoms with Crippen molar-refractivity contribution in [1.29, 1.82) is 0 Å². The molecule has 114 valence electrons. The number of carbonyl (C=O) groups excluding carboxylic acids is 2. The molecule has 0 aliphatic heterocycles. The number of hydrogen-bond acceptors (Lipinski definition) is 4. The molecule has 1 heterocycles. The minimum atomic E-state index is -0.745. The van der Waals surface area contributed by atoms with Gasteiger partial charge in [-0.25, -0.2) is 4.79 Å². The molecule has 0 aromatic carbocycles. The Labute approximate surface area is 133 Å². The summed E-state index contributed by atoms with van der Waals surface area (Å²) in [6.45, 7) is 7.30. The highest BCUT2D eigenvalue weighted by Gasteiger charge is 2.23. The average molecular weight is 340 g/mol. The molecule has 1 aromatic rings. The van der Waals surface area contributed by atoms with Gasteiger partial charge in [0.2, 0.25) is 5.91 Å². The molecule has 1 unspecified atom stereocenters. The van der Waals surface area contributed by atoms with Crippen LogP contribution in [0.4, 0.5) is 0 Å². The monoisotopic (exact) mass is 339 g/mol. The van der Waals surface area contributed by atoms with E-state index in [9.17, 15) is 9.59 Å². The van der Waals surface area contributed by atoms with E-state index < -0.39 is 12.0 Å². The van der Waals surface area contributed by atoms with Gasteiger partial charge in [-0.1, -0.05) is 37.0 Å². The predicted molar refractivity (Wildman–Crippen MR) is 83.6 cm³/mol. The van der Waals surface area contributed by atoms with Crippen LogP contribution in [0.15, 0.2) is 6.07 Å². The molecular formula is C13H19Cl2NO3S. The highest BCUT2D eigenvalue weighted by Crippen LogP contribution is 2.31. The first-order chi connectivity index (χ1) is 9.43. The molecule has 0 aliphatic carbocycles. The van der Waals surface area contributed by atoms with Gasteiger partial charge in [0.15, 0.2) is 0 Å². The third-order valence-electron chi connectivity index (χ3n) is 2.10. The fourth-order valence-electron chi connectivity index (χ4n) is 1.41. The number of rotatable bonds is 5. The van der Waals surface area contributed by atoms with E-state index in [0.717, 1.165) is 5.56 Å². The van der Waals surface area contributed by atoms with E-state index in [2.05, 4.69) is 5.32 Å². The van der Waals surface area contributed by atoms with Gasteiger partial charge in [-0.05, 0) is 18.6 Å². The third-order valence-corrected chi connectivity index (χ3v) is 3.67. The zero-order valence-electron chi connectivity index (χ0n) is 12.0. The number of nitrogens with one attached hydrogen (secondary N) is 1. The SMILES string of the molecule is CC.CCOC(=O)C(Cc1cc(Cl)sc1Cl)NC(C)=O. The second kappa shape index (κ2) is 10.0. The Kier molecular flexibility index (Phi) is 9.63. The minimum absolute atomic E-state index is 0.257. The van der Waals surface area contributed by atoms with Gasteiger partial charge in [0, 0.05) is 13.3 Å². The van der Waals surface area contributed by atoms with Crippen LogP contribution in [0, 0.1) is 0 Å². The number of hydrogen-bond donors (Lipinski definition) is 1. The van der Waals surface area contributed by atoms with E-state index in [1.165, 1.54) is 18.3 Å².